The van der Waals surface area contributed by atoms with Crippen molar-refractivity contribution in [3.8, 4) is 0 Å². The van der Waals surface area contributed by atoms with Crippen LogP contribution in [0.3, 0.4) is 0 Å². The summed E-state index contributed by atoms with van der Waals surface area (Å²) in [6.45, 7) is 10.8. The highest BCUT2D eigenvalue weighted by atomic mass is 16.3. The molecule has 4 saturated carbocycles. The highest BCUT2D eigenvalue weighted by molar-refractivity contribution is 5.17. The van der Waals surface area contributed by atoms with Crippen molar-refractivity contribution in [1.82, 2.24) is 0 Å². The average molecular weight is 479 g/mol. The molecule has 4 nitrogen and oxygen atoms in total. The van der Waals surface area contributed by atoms with Gasteiger partial charge in [-0.1, -0.05) is 40.5 Å². The second-order valence-corrected chi connectivity index (χ2v) is 14.2. The lowest BCUT2D eigenvalue weighted by molar-refractivity contribution is -0.219. The van der Waals surface area contributed by atoms with Crippen molar-refractivity contribution >= 4 is 0 Å². The molecule has 0 heterocycles. The molecule has 0 saturated heterocycles. The summed E-state index contributed by atoms with van der Waals surface area (Å²) in [5.74, 6) is 2.74. The van der Waals surface area contributed by atoms with Gasteiger partial charge in [-0.3, -0.25) is 0 Å². The molecule has 0 aromatic heterocycles. The van der Waals surface area contributed by atoms with Crippen LogP contribution in [0.25, 0.3) is 0 Å². The largest absolute Gasteiger partial charge is 0.396 e. The smallest absolute Gasteiger partial charge is 0.0495 e. The van der Waals surface area contributed by atoms with Crippen LogP contribution in [0.15, 0.2) is 0 Å². The number of aliphatic hydroxyl groups is 4. The number of hydrogen-bond acceptors (Lipinski definition) is 4. The second kappa shape index (κ2) is 9.95. The van der Waals surface area contributed by atoms with E-state index >= 15 is 0 Å². The summed E-state index contributed by atoms with van der Waals surface area (Å²) in [6.07, 6.45) is 14.1. The Morgan fingerprint density at radius 1 is 0.735 bits per heavy atom. The maximum absolute atomic E-state index is 11.1. The molecule has 4 N–H and O–H groups in total. The summed E-state index contributed by atoms with van der Waals surface area (Å²) < 4.78 is 0. The van der Waals surface area contributed by atoms with Crippen molar-refractivity contribution < 1.29 is 20.4 Å². The molecule has 34 heavy (non-hydrogen) atoms. The van der Waals surface area contributed by atoms with E-state index in [0.29, 0.717) is 35.2 Å². The molecule has 0 spiro atoms. The fourth-order valence-corrected chi connectivity index (χ4v) is 11.0. The zero-order chi connectivity index (χ0) is 24.8. The third-order valence-corrected chi connectivity index (χ3v) is 12.7. The summed E-state index contributed by atoms with van der Waals surface area (Å²) in [5.41, 5.74) is 1.01. The lowest BCUT2D eigenvalue weighted by Gasteiger charge is -2.69. The van der Waals surface area contributed by atoms with Crippen molar-refractivity contribution in [3.05, 3.63) is 0 Å². The molecular formula is C30H54O4. The van der Waals surface area contributed by atoms with Crippen LogP contribution >= 0.6 is 0 Å². The topological polar surface area (TPSA) is 80.9 Å². The zero-order valence-electron chi connectivity index (χ0n) is 22.6. The van der Waals surface area contributed by atoms with Gasteiger partial charge in [-0.2, -0.15) is 0 Å². The van der Waals surface area contributed by atoms with Crippen LogP contribution in [0.4, 0.5) is 0 Å². The minimum absolute atomic E-state index is 0.00229. The quantitative estimate of drug-likeness (QED) is 0.357. The minimum Gasteiger partial charge on any atom is -0.396 e. The Morgan fingerprint density at radius 3 is 2.12 bits per heavy atom. The molecule has 8 atom stereocenters. The molecule has 4 fully saturated rings. The lowest BCUT2D eigenvalue weighted by Crippen LogP contribution is -2.63. The van der Waals surface area contributed by atoms with Gasteiger partial charge in [0, 0.05) is 37.8 Å². The van der Waals surface area contributed by atoms with Gasteiger partial charge in [0.05, 0.1) is 0 Å². The van der Waals surface area contributed by atoms with E-state index in [9.17, 15) is 20.4 Å². The van der Waals surface area contributed by atoms with Crippen LogP contribution in [0.1, 0.15) is 105 Å². The molecule has 0 aliphatic heterocycles. The van der Waals surface area contributed by atoms with Crippen molar-refractivity contribution in [3.63, 3.8) is 0 Å². The molecule has 0 aromatic carbocycles. The fourth-order valence-electron chi connectivity index (χ4n) is 11.0. The minimum atomic E-state index is -0.0375. The molecular weight excluding hydrogens is 424 g/mol. The first-order chi connectivity index (χ1) is 16.1. The van der Waals surface area contributed by atoms with E-state index in [1.807, 2.05) is 0 Å². The summed E-state index contributed by atoms with van der Waals surface area (Å²) in [5, 5.41) is 40.3. The third kappa shape index (κ3) is 4.02. The first-order valence-corrected chi connectivity index (χ1v) is 14.6. The molecule has 198 valence electrons. The Labute approximate surface area is 208 Å². The molecule has 4 heteroatoms. The van der Waals surface area contributed by atoms with Gasteiger partial charge in [-0.25, -0.2) is 0 Å². The molecule has 0 unspecified atom stereocenters. The third-order valence-electron chi connectivity index (χ3n) is 12.7. The monoisotopic (exact) mass is 478 g/mol. The van der Waals surface area contributed by atoms with Gasteiger partial charge < -0.3 is 20.4 Å². The zero-order valence-corrected chi connectivity index (χ0v) is 22.6. The number of hydrogen-bond donors (Lipinski definition) is 4. The van der Waals surface area contributed by atoms with Crippen molar-refractivity contribution in [2.45, 2.75) is 105 Å². The van der Waals surface area contributed by atoms with Crippen LogP contribution < -0.4 is 0 Å². The Kier molecular flexibility index (Phi) is 7.87. The molecule has 0 amide bonds. The predicted molar refractivity (Wildman–Crippen MR) is 137 cm³/mol. The molecule has 4 aliphatic rings. The molecule has 0 radical (unpaired) electrons. The Balaban J connectivity index is 1.56. The normalized spacial score (nSPS) is 44.4. The number of aliphatic hydroxyl groups excluding tert-OH is 4. The maximum atomic E-state index is 11.1. The van der Waals surface area contributed by atoms with Gasteiger partial charge in [0.1, 0.15) is 0 Å². The van der Waals surface area contributed by atoms with Crippen LogP contribution in [-0.4, -0.2) is 46.9 Å². The Hall–Kier alpha value is -0.160. The van der Waals surface area contributed by atoms with Gasteiger partial charge in [0.15, 0.2) is 0 Å². The number of rotatable bonds is 9. The summed E-state index contributed by atoms with van der Waals surface area (Å²) in [7, 11) is 0. The van der Waals surface area contributed by atoms with E-state index in [1.54, 1.807) is 0 Å². The van der Waals surface area contributed by atoms with Crippen molar-refractivity contribution in [2.24, 2.45) is 57.2 Å². The van der Waals surface area contributed by atoms with E-state index < -0.39 is 0 Å². The van der Waals surface area contributed by atoms with E-state index in [1.165, 1.54) is 44.9 Å². The van der Waals surface area contributed by atoms with Crippen LogP contribution in [0, 0.1) is 57.2 Å². The van der Waals surface area contributed by atoms with Gasteiger partial charge in [0.2, 0.25) is 0 Å². The Morgan fingerprint density at radius 2 is 1.47 bits per heavy atom. The maximum Gasteiger partial charge on any atom is 0.0495 e. The molecule has 0 bridgehead atoms. The highest BCUT2D eigenvalue weighted by Gasteiger charge is 2.69. The summed E-state index contributed by atoms with van der Waals surface area (Å²) in [4.78, 5) is 0. The first-order valence-electron chi connectivity index (χ1n) is 14.6. The van der Waals surface area contributed by atoms with E-state index in [2.05, 4.69) is 27.7 Å². The lowest BCUT2D eigenvalue weighted by atomic mass is 9.35. The fraction of sp³-hybridized carbons (Fsp3) is 1.00. The summed E-state index contributed by atoms with van der Waals surface area (Å²) >= 11 is 0. The van der Waals surface area contributed by atoms with Crippen molar-refractivity contribution in [2.75, 3.05) is 26.4 Å². The average Bonchev–Trinajstić information content (AvgIpc) is 3.19. The van der Waals surface area contributed by atoms with Crippen molar-refractivity contribution in [1.29, 1.82) is 0 Å². The highest BCUT2D eigenvalue weighted by Crippen LogP contribution is 2.75. The van der Waals surface area contributed by atoms with E-state index in [4.69, 9.17) is 0 Å². The number of fused-ring (bicyclic) bond motifs is 5. The summed E-state index contributed by atoms with van der Waals surface area (Å²) in [6, 6.07) is 0. The van der Waals surface area contributed by atoms with Crippen LogP contribution in [0.2, 0.25) is 0 Å². The Bertz CT molecular complexity index is 689. The van der Waals surface area contributed by atoms with E-state index in [0.717, 1.165) is 38.0 Å². The molecule has 0 aromatic rings. The second-order valence-electron chi connectivity index (χ2n) is 14.2. The molecule has 4 rings (SSSR count). The first kappa shape index (κ1) is 26.9. The van der Waals surface area contributed by atoms with Crippen LogP contribution in [0.5, 0.6) is 0 Å². The standard InChI is InChI=1S/C30H54O4/c1-27(2)13-6-14-28(3)25(27)12-15-29(4)26(28)10-9-24-23(11-16-30(24,29)20-34)22(19-33)8-5-7-21(17-31)18-32/h21-26,31-34H,5-20H2,1-4H3/t22-,23+,24+,25-,26+,28-,29+,30-/m0/s1. The van der Waals surface area contributed by atoms with Gasteiger partial charge >= 0.3 is 0 Å². The van der Waals surface area contributed by atoms with Gasteiger partial charge in [-0.15, -0.1) is 0 Å². The van der Waals surface area contributed by atoms with Gasteiger partial charge in [0.25, 0.3) is 0 Å². The van der Waals surface area contributed by atoms with Crippen LogP contribution in [-0.2, 0) is 0 Å². The predicted octanol–water partition coefficient (Wildman–Crippen LogP) is 5.41. The molecule has 4 aliphatic carbocycles. The van der Waals surface area contributed by atoms with E-state index in [-0.39, 0.29) is 42.5 Å². The van der Waals surface area contributed by atoms with Gasteiger partial charge in [-0.05, 0) is 110 Å². The SMILES string of the molecule is CC1(C)CCC[C@]2(C)[C@H]3CC[C@@H]4[C@@H]([C@H](CO)CCCC(CO)CO)CC[C@@]4(CO)[C@]3(C)CC[C@@H]12.